The summed E-state index contributed by atoms with van der Waals surface area (Å²) in [5.74, 6) is -0.0611. The highest BCUT2D eigenvalue weighted by molar-refractivity contribution is 6.37. The van der Waals surface area contributed by atoms with Gasteiger partial charge in [-0.1, -0.05) is 41.4 Å². The van der Waals surface area contributed by atoms with E-state index in [2.05, 4.69) is 0 Å². The molecule has 0 amide bonds. The van der Waals surface area contributed by atoms with Crippen LogP contribution >= 0.6 is 23.2 Å². The van der Waals surface area contributed by atoms with E-state index in [-0.39, 0.29) is 18.2 Å². The van der Waals surface area contributed by atoms with Gasteiger partial charge in [-0.25, -0.2) is 4.39 Å². The monoisotopic (exact) mass is 321 g/mol. The van der Waals surface area contributed by atoms with E-state index in [9.17, 15) is 4.39 Å². The van der Waals surface area contributed by atoms with Crippen LogP contribution in [0.1, 0.15) is 11.1 Å². The molecule has 0 atom stereocenters. The van der Waals surface area contributed by atoms with Gasteiger partial charge in [-0.3, -0.25) is 0 Å². The molecule has 0 bridgehead atoms. The molecule has 0 radical (unpaired) electrons. The Hall–Kier alpha value is -2.02. The average Bonchev–Trinajstić information content (AvgIpc) is 2.46. The Morgan fingerprint density at radius 3 is 2.48 bits per heavy atom. The molecule has 2 aromatic carbocycles. The predicted octanol–water partition coefficient (Wildman–Crippen LogP) is 5.25. The lowest BCUT2D eigenvalue weighted by molar-refractivity contribution is 0.300. The van der Waals surface area contributed by atoms with Gasteiger partial charge in [0.1, 0.15) is 12.4 Å². The fourth-order valence-corrected chi connectivity index (χ4v) is 2.33. The molecule has 0 aliphatic carbocycles. The van der Waals surface area contributed by atoms with Crippen molar-refractivity contribution in [1.82, 2.24) is 0 Å². The molecular weight excluding hydrogens is 312 g/mol. The van der Waals surface area contributed by atoms with Gasteiger partial charge >= 0.3 is 0 Å². The number of allylic oxidation sites excluding steroid dienone is 1. The van der Waals surface area contributed by atoms with Crippen LogP contribution in [-0.4, -0.2) is 0 Å². The first-order valence-electron chi connectivity index (χ1n) is 6.03. The smallest absolute Gasteiger partial charge is 0.157 e. The lowest BCUT2D eigenvalue weighted by Crippen LogP contribution is -1.99. The summed E-state index contributed by atoms with van der Waals surface area (Å²) < 4.78 is 19.0. The highest BCUT2D eigenvalue weighted by Gasteiger charge is 2.10. The van der Waals surface area contributed by atoms with Crippen LogP contribution in [0.25, 0.3) is 6.08 Å². The third-order valence-corrected chi connectivity index (χ3v) is 3.26. The summed E-state index contributed by atoms with van der Waals surface area (Å²) in [7, 11) is 0. The lowest BCUT2D eigenvalue weighted by atomic mass is 10.2. The number of nitrogens with zero attached hydrogens (tertiary/aromatic N) is 1. The second-order valence-electron chi connectivity index (χ2n) is 4.16. The van der Waals surface area contributed by atoms with Crippen molar-refractivity contribution in [2.75, 3.05) is 0 Å². The minimum atomic E-state index is -0.349. The average molecular weight is 322 g/mol. The highest BCUT2D eigenvalue weighted by Crippen LogP contribution is 2.35. The van der Waals surface area contributed by atoms with Crippen molar-refractivity contribution in [3.63, 3.8) is 0 Å². The second kappa shape index (κ2) is 7.12. The fraction of sp³-hybridized carbons (Fsp3) is 0.0625. The van der Waals surface area contributed by atoms with E-state index in [4.69, 9.17) is 33.2 Å². The van der Waals surface area contributed by atoms with E-state index in [1.165, 1.54) is 12.1 Å². The lowest BCUT2D eigenvalue weighted by Gasteiger charge is -2.11. The van der Waals surface area contributed by atoms with Crippen LogP contribution in [0.2, 0.25) is 10.0 Å². The number of hydrogen-bond donors (Lipinski definition) is 0. The maximum Gasteiger partial charge on any atom is 0.157 e. The molecule has 21 heavy (non-hydrogen) atoms. The SMILES string of the molecule is N#C/C=C/c1cc(Cl)c(OCc2ccccc2F)c(Cl)c1. The van der Waals surface area contributed by atoms with Crippen LogP contribution in [0.3, 0.4) is 0 Å². The summed E-state index contributed by atoms with van der Waals surface area (Å²) >= 11 is 12.2. The number of nitriles is 1. The van der Waals surface area contributed by atoms with Gasteiger partial charge in [-0.05, 0) is 29.8 Å². The van der Waals surface area contributed by atoms with Gasteiger partial charge in [0.15, 0.2) is 5.75 Å². The van der Waals surface area contributed by atoms with Crippen molar-refractivity contribution in [2.24, 2.45) is 0 Å². The van der Waals surface area contributed by atoms with E-state index in [1.54, 1.807) is 36.4 Å². The van der Waals surface area contributed by atoms with E-state index in [0.29, 0.717) is 21.2 Å². The molecule has 0 saturated heterocycles. The second-order valence-corrected chi connectivity index (χ2v) is 4.97. The first-order valence-corrected chi connectivity index (χ1v) is 6.79. The maximum atomic E-state index is 13.5. The summed E-state index contributed by atoms with van der Waals surface area (Å²) in [4.78, 5) is 0. The normalized spacial score (nSPS) is 10.6. The molecule has 0 unspecified atom stereocenters. The molecule has 0 fully saturated rings. The summed E-state index contributed by atoms with van der Waals surface area (Å²) in [5, 5.41) is 9.10. The minimum Gasteiger partial charge on any atom is -0.486 e. The third-order valence-electron chi connectivity index (χ3n) is 2.70. The molecule has 0 aliphatic heterocycles. The van der Waals surface area contributed by atoms with Crippen molar-refractivity contribution >= 4 is 29.3 Å². The molecule has 106 valence electrons. The Balaban J connectivity index is 2.20. The first-order chi connectivity index (χ1) is 10.1. The third kappa shape index (κ3) is 3.98. The van der Waals surface area contributed by atoms with Crippen molar-refractivity contribution in [3.8, 4) is 11.8 Å². The summed E-state index contributed by atoms with van der Waals surface area (Å²) in [6.45, 7) is 0.0273. The van der Waals surface area contributed by atoms with E-state index < -0.39 is 0 Å². The zero-order valence-corrected chi connectivity index (χ0v) is 12.3. The zero-order chi connectivity index (χ0) is 15.2. The first kappa shape index (κ1) is 15.4. The molecule has 5 heteroatoms. The Morgan fingerprint density at radius 2 is 1.86 bits per heavy atom. The molecule has 2 nitrogen and oxygen atoms in total. The van der Waals surface area contributed by atoms with Crippen LogP contribution in [0.15, 0.2) is 42.5 Å². The van der Waals surface area contributed by atoms with E-state index in [1.807, 2.05) is 6.07 Å². The molecule has 2 aromatic rings. The molecule has 0 aliphatic rings. The molecule has 0 N–H and O–H groups in total. The van der Waals surface area contributed by atoms with E-state index >= 15 is 0 Å². The van der Waals surface area contributed by atoms with Crippen LogP contribution in [0.4, 0.5) is 4.39 Å². The van der Waals surface area contributed by atoms with Gasteiger partial charge in [0.2, 0.25) is 0 Å². The number of ether oxygens (including phenoxy) is 1. The number of rotatable bonds is 4. The topological polar surface area (TPSA) is 33.0 Å². The Bertz CT molecular complexity index is 699. The van der Waals surface area contributed by atoms with Gasteiger partial charge in [-0.15, -0.1) is 0 Å². The van der Waals surface area contributed by atoms with Crippen molar-refractivity contribution < 1.29 is 9.13 Å². The van der Waals surface area contributed by atoms with Gasteiger partial charge in [0.25, 0.3) is 0 Å². The van der Waals surface area contributed by atoms with Gasteiger partial charge in [-0.2, -0.15) is 5.26 Å². The van der Waals surface area contributed by atoms with Gasteiger partial charge in [0.05, 0.1) is 16.1 Å². The Kier molecular flexibility index (Phi) is 5.21. The fourth-order valence-electron chi connectivity index (χ4n) is 1.71. The van der Waals surface area contributed by atoms with Gasteiger partial charge < -0.3 is 4.74 Å². The van der Waals surface area contributed by atoms with Crippen molar-refractivity contribution in [2.45, 2.75) is 6.61 Å². The summed E-state index contributed by atoms with van der Waals surface area (Å²) in [6.07, 6.45) is 2.90. The molecule has 0 spiro atoms. The Labute approximate surface area is 132 Å². The number of hydrogen-bond acceptors (Lipinski definition) is 2. The molecule has 0 aromatic heterocycles. The summed E-state index contributed by atoms with van der Waals surface area (Å²) in [6, 6.07) is 11.4. The molecule has 0 heterocycles. The van der Waals surface area contributed by atoms with Crippen molar-refractivity contribution in [3.05, 3.63) is 69.5 Å². The quantitative estimate of drug-likeness (QED) is 0.720. The maximum absolute atomic E-state index is 13.5. The molecular formula is C16H10Cl2FNO. The highest BCUT2D eigenvalue weighted by atomic mass is 35.5. The predicted molar refractivity (Wildman–Crippen MR) is 81.8 cm³/mol. The standard InChI is InChI=1S/C16H10Cl2FNO/c17-13-8-11(4-3-7-20)9-14(18)16(13)21-10-12-5-1-2-6-15(12)19/h1-6,8-9H,10H2/b4-3+. The van der Waals surface area contributed by atoms with Crippen LogP contribution in [0.5, 0.6) is 5.75 Å². The van der Waals surface area contributed by atoms with E-state index in [0.717, 1.165) is 0 Å². The Morgan fingerprint density at radius 1 is 1.19 bits per heavy atom. The number of halogens is 3. The van der Waals surface area contributed by atoms with Crippen molar-refractivity contribution in [1.29, 1.82) is 5.26 Å². The molecule has 2 rings (SSSR count). The van der Waals surface area contributed by atoms with Crippen LogP contribution in [-0.2, 0) is 6.61 Å². The van der Waals surface area contributed by atoms with Gasteiger partial charge in [0, 0.05) is 11.6 Å². The molecule has 0 saturated carbocycles. The van der Waals surface area contributed by atoms with Crippen LogP contribution in [0, 0.1) is 17.1 Å². The van der Waals surface area contributed by atoms with Crippen LogP contribution < -0.4 is 4.74 Å². The number of benzene rings is 2. The summed E-state index contributed by atoms with van der Waals surface area (Å²) in [5.41, 5.74) is 1.10. The zero-order valence-electron chi connectivity index (χ0n) is 10.8. The largest absolute Gasteiger partial charge is 0.486 e. The minimum absolute atomic E-state index is 0.0273.